The fraction of sp³-hybridized carbons (Fsp3) is 0.500. The van der Waals surface area contributed by atoms with Crippen LogP contribution in [0.4, 0.5) is 4.39 Å². The fourth-order valence-corrected chi connectivity index (χ4v) is 2.12. The maximum Gasteiger partial charge on any atom is 0.166 e. The van der Waals surface area contributed by atoms with E-state index in [4.69, 9.17) is 22.1 Å². The summed E-state index contributed by atoms with van der Waals surface area (Å²) in [6, 6.07) is 4.75. The minimum absolute atomic E-state index is 0.0791. The molecule has 1 saturated carbocycles. The Morgan fingerprint density at radius 1 is 1.25 bits per heavy atom. The molecule has 4 heteroatoms. The van der Waals surface area contributed by atoms with Gasteiger partial charge >= 0.3 is 0 Å². The first-order valence-corrected chi connectivity index (χ1v) is 5.90. The van der Waals surface area contributed by atoms with Crippen LogP contribution in [0.2, 0.25) is 5.02 Å². The first-order valence-electron chi connectivity index (χ1n) is 5.52. The first kappa shape index (κ1) is 11.7. The minimum Gasteiger partial charge on any atom is -0.487 e. The SMILES string of the molecule is NC1CCC(Oc2ccc(Cl)cc2F)CC1. The molecule has 0 amide bonds. The molecule has 1 aromatic carbocycles. The standard InChI is InChI=1S/C12H15ClFNO/c13-8-1-6-12(11(14)7-8)16-10-4-2-9(15)3-5-10/h1,6-7,9-10H,2-5,15H2. The van der Waals surface area contributed by atoms with Crippen molar-refractivity contribution in [3.05, 3.63) is 29.0 Å². The zero-order chi connectivity index (χ0) is 11.5. The van der Waals surface area contributed by atoms with Gasteiger partial charge in [-0.1, -0.05) is 11.6 Å². The van der Waals surface area contributed by atoms with E-state index in [0.29, 0.717) is 5.02 Å². The van der Waals surface area contributed by atoms with Gasteiger partial charge in [0, 0.05) is 11.1 Å². The molecule has 16 heavy (non-hydrogen) atoms. The van der Waals surface area contributed by atoms with E-state index in [-0.39, 0.29) is 17.9 Å². The van der Waals surface area contributed by atoms with Crippen molar-refractivity contribution in [2.45, 2.75) is 37.8 Å². The van der Waals surface area contributed by atoms with E-state index in [0.717, 1.165) is 25.7 Å². The van der Waals surface area contributed by atoms with Crippen molar-refractivity contribution in [2.75, 3.05) is 0 Å². The van der Waals surface area contributed by atoms with Crippen LogP contribution in [-0.4, -0.2) is 12.1 Å². The van der Waals surface area contributed by atoms with Gasteiger partial charge in [0.05, 0.1) is 6.10 Å². The van der Waals surface area contributed by atoms with Gasteiger partial charge in [0.1, 0.15) is 0 Å². The largest absolute Gasteiger partial charge is 0.487 e. The highest BCUT2D eigenvalue weighted by Crippen LogP contribution is 2.26. The normalized spacial score (nSPS) is 25.4. The number of rotatable bonds is 2. The van der Waals surface area contributed by atoms with Crippen molar-refractivity contribution in [3.8, 4) is 5.75 Å². The van der Waals surface area contributed by atoms with Crippen LogP contribution in [0, 0.1) is 5.82 Å². The lowest BCUT2D eigenvalue weighted by molar-refractivity contribution is 0.141. The van der Waals surface area contributed by atoms with E-state index in [9.17, 15) is 4.39 Å². The minimum atomic E-state index is -0.401. The van der Waals surface area contributed by atoms with Gasteiger partial charge in [0.15, 0.2) is 11.6 Å². The van der Waals surface area contributed by atoms with Crippen molar-refractivity contribution in [1.82, 2.24) is 0 Å². The molecule has 0 saturated heterocycles. The van der Waals surface area contributed by atoms with Crippen LogP contribution < -0.4 is 10.5 Å². The third kappa shape index (κ3) is 2.86. The molecule has 2 nitrogen and oxygen atoms in total. The summed E-state index contributed by atoms with van der Waals surface area (Å²) in [6.07, 6.45) is 3.75. The molecule has 2 rings (SSSR count). The smallest absolute Gasteiger partial charge is 0.166 e. The Hall–Kier alpha value is -0.800. The molecule has 1 aliphatic rings. The van der Waals surface area contributed by atoms with Crippen LogP contribution in [0.3, 0.4) is 0 Å². The van der Waals surface area contributed by atoms with E-state index in [1.807, 2.05) is 0 Å². The zero-order valence-electron chi connectivity index (χ0n) is 8.96. The fourth-order valence-electron chi connectivity index (χ4n) is 1.96. The Balaban J connectivity index is 1.98. The second-order valence-electron chi connectivity index (χ2n) is 4.23. The van der Waals surface area contributed by atoms with Crippen molar-refractivity contribution >= 4 is 11.6 Å². The second kappa shape index (κ2) is 5.02. The van der Waals surface area contributed by atoms with Crippen molar-refractivity contribution < 1.29 is 9.13 Å². The van der Waals surface area contributed by atoms with Crippen LogP contribution in [0.25, 0.3) is 0 Å². The summed E-state index contributed by atoms with van der Waals surface area (Å²) in [4.78, 5) is 0. The lowest BCUT2D eigenvalue weighted by atomic mass is 9.94. The highest BCUT2D eigenvalue weighted by Gasteiger charge is 2.20. The molecular formula is C12H15ClFNO. The predicted molar refractivity (Wildman–Crippen MR) is 62.3 cm³/mol. The molecule has 0 heterocycles. The summed E-state index contributed by atoms with van der Waals surface area (Å²) >= 11 is 5.67. The van der Waals surface area contributed by atoms with Gasteiger partial charge in [-0.15, -0.1) is 0 Å². The van der Waals surface area contributed by atoms with E-state index in [2.05, 4.69) is 0 Å². The predicted octanol–water partition coefficient (Wildman–Crippen LogP) is 3.13. The monoisotopic (exact) mass is 243 g/mol. The third-order valence-corrected chi connectivity index (χ3v) is 3.14. The summed E-state index contributed by atoms with van der Waals surface area (Å²) in [7, 11) is 0. The molecule has 1 fully saturated rings. The number of benzene rings is 1. The van der Waals surface area contributed by atoms with Gasteiger partial charge in [-0.3, -0.25) is 0 Å². The quantitative estimate of drug-likeness (QED) is 0.866. The molecule has 0 atom stereocenters. The number of hydrogen-bond donors (Lipinski definition) is 1. The molecule has 88 valence electrons. The van der Waals surface area contributed by atoms with Gasteiger partial charge in [0.2, 0.25) is 0 Å². The van der Waals surface area contributed by atoms with E-state index < -0.39 is 5.82 Å². The molecular weight excluding hydrogens is 229 g/mol. The Bertz CT molecular complexity index is 364. The van der Waals surface area contributed by atoms with Crippen LogP contribution in [0.5, 0.6) is 5.75 Å². The van der Waals surface area contributed by atoms with Crippen molar-refractivity contribution in [1.29, 1.82) is 0 Å². The average molecular weight is 244 g/mol. The molecule has 2 N–H and O–H groups in total. The summed E-state index contributed by atoms with van der Waals surface area (Å²) in [5, 5.41) is 0.385. The number of hydrogen-bond acceptors (Lipinski definition) is 2. The summed E-state index contributed by atoms with van der Waals surface area (Å²) in [5.74, 6) is -0.118. The summed E-state index contributed by atoms with van der Waals surface area (Å²) in [6.45, 7) is 0. The van der Waals surface area contributed by atoms with Crippen LogP contribution >= 0.6 is 11.6 Å². The van der Waals surface area contributed by atoms with Gasteiger partial charge in [0.25, 0.3) is 0 Å². The van der Waals surface area contributed by atoms with Crippen molar-refractivity contribution in [3.63, 3.8) is 0 Å². The van der Waals surface area contributed by atoms with Gasteiger partial charge in [-0.25, -0.2) is 4.39 Å². The highest BCUT2D eigenvalue weighted by molar-refractivity contribution is 6.30. The maximum atomic E-state index is 13.4. The lowest BCUT2D eigenvalue weighted by Gasteiger charge is -2.26. The average Bonchev–Trinajstić information content (AvgIpc) is 2.25. The maximum absolute atomic E-state index is 13.4. The second-order valence-corrected chi connectivity index (χ2v) is 4.67. The Morgan fingerprint density at radius 3 is 2.56 bits per heavy atom. The van der Waals surface area contributed by atoms with Gasteiger partial charge < -0.3 is 10.5 Å². The molecule has 1 aromatic rings. The lowest BCUT2D eigenvalue weighted by Crippen LogP contribution is -2.31. The Morgan fingerprint density at radius 2 is 1.94 bits per heavy atom. The highest BCUT2D eigenvalue weighted by atomic mass is 35.5. The van der Waals surface area contributed by atoms with E-state index >= 15 is 0 Å². The zero-order valence-corrected chi connectivity index (χ0v) is 9.71. The number of nitrogens with two attached hydrogens (primary N) is 1. The molecule has 0 bridgehead atoms. The Labute approximate surface area is 99.5 Å². The van der Waals surface area contributed by atoms with Gasteiger partial charge in [-0.05, 0) is 43.9 Å². The molecule has 0 spiro atoms. The molecule has 0 radical (unpaired) electrons. The van der Waals surface area contributed by atoms with Crippen LogP contribution in [-0.2, 0) is 0 Å². The molecule has 0 aromatic heterocycles. The molecule has 0 aliphatic heterocycles. The van der Waals surface area contributed by atoms with Crippen molar-refractivity contribution in [2.24, 2.45) is 5.73 Å². The Kier molecular flexibility index (Phi) is 3.66. The first-order chi connectivity index (χ1) is 7.65. The van der Waals surface area contributed by atoms with E-state index in [1.165, 1.54) is 6.07 Å². The number of ether oxygens (including phenoxy) is 1. The summed E-state index contributed by atoms with van der Waals surface area (Å²) in [5.41, 5.74) is 5.79. The number of halogens is 2. The summed E-state index contributed by atoms with van der Waals surface area (Å²) < 4.78 is 19.0. The third-order valence-electron chi connectivity index (χ3n) is 2.91. The molecule has 1 aliphatic carbocycles. The topological polar surface area (TPSA) is 35.2 Å². The molecule has 0 unspecified atom stereocenters. The van der Waals surface area contributed by atoms with E-state index in [1.54, 1.807) is 12.1 Å². The van der Waals surface area contributed by atoms with Crippen LogP contribution in [0.15, 0.2) is 18.2 Å². The van der Waals surface area contributed by atoms with Crippen LogP contribution in [0.1, 0.15) is 25.7 Å². The van der Waals surface area contributed by atoms with Gasteiger partial charge in [-0.2, -0.15) is 0 Å².